The summed E-state index contributed by atoms with van der Waals surface area (Å²) in [6, 6.07) is 197. The van der Waals surface area contributed by atoms with Crippen LogP contribution < -0.4 is 62.2 Å². The quantitative estimate of drug-likeness (QED) is 0.0478. The van der Waals surface area contributed by atoms with Crippen molar-refractivity contribution < 1.29 is 0 Å². The minimum absolute atomic E-state index is 0. The maximum Gasteiger partial charge on any atom is 0.187 e. The van der Waals surface area contributed by atoms with Crippen LogP contribution in [-0.4, -0.2) is 37.9 Å². The van der Waals surface area contributed by atoms with Gasteiger partial charge >= 0.3 is 0 Å². The van der Waals surface area contributed by atoms with Gasteiger partial charge in [0.05, 0.1) is 97.8 Å². The largest absolute Gasteiger partial charge is 0.309 e. The van der Waals surface area contributed by atoms with Crippen molar-refractivity contribution in [2.45, 2.75) is 37.1 Å². The van der Waals surface area contributed by atoms with Gasteiger partial charge in [-0.05, 0) is 224 Å². The molecule has 21 aromatic carbocycles. The molecule has 24 aromatic rings. The minimum atomic E-state index is -2.91. The van der Waals surface area contributed by atoms with Crippen LogP contribution in [0.1, 0.15) is 65.0 Å². The average Bonchev–Trinajstić information content (AvgIpc) is 1.31. The van der Waals surface area contributed by atoms with E-state index in [0.29, 0.717) is 33.5 Å². The molecule has 0 spiro atoms. The fourth-order valence-corrected chi connectivity index (χ4v) is 36.4. The zero-order chi connectivity index (χ0) is 97.5. The van der Waals surface area contributed by atoms with Crippen molar-refractivity contribution in [3.63, 3.8) is 0 Å². The van der Waals surface area contributed by atoms with E-state index >= 15 is 0 Å². The van der Waals surface area contributed by atoms with Crippen molar-refractivity contribution >= 4 is 158 Å². The molecule has 0 aliphatic heterocycles. The Bertz CT molecular complexity index is 9130. The maximum atomic E-state index is 9.98. The number of aromatic nitrogens is 3. The molecule has 0 aliphatic carbocycles. The summed E-state index contributed by atoms with van der Waals surface area (Å²) in [4.78, 5) is 3.80. The fraction of sp³-hybridized carbons (Fsp3) is 0.0365. The molecule has 3 heterocycles. The Morgan fingerprint density at radius 3 is 0.799 bits per heavy atom. The maximum absolute atomic E-state index is 9.98. The molecule has 12 heteroatoms. The third-order valence-corrected chi connectivity index (χ3v) is 42.5. The Morgan fingerprint density at radius 2 is 0.436 bits per heavy atom. The molecule has 3 aromatic heterocycles. The Balaban J connectivity index is 0.000000150. The van der Waals surface area contributed by atoms with Gasteiger partial charge in [-0.15, -0.1) is 0 Å². The minimum Gasteiger partial charge on any atom is -0.309 e. The monoisotopic (exact) mass is 1960 g/mol. The standard InChI is InChI=1S/3C44H29N3Si.5CH4/c1-46-35-11-10-16-40(30-35)48(37-12-4-2-5-13-37,38-14-6-3-7-15-38)39-26-22-34(23-27-39)33-20-24-36(25-21-33)47-43-18-9-8-17-41(43)42-29-32(31-45)19-28-44(42)47;45-30-32-12-11-17-38(28-32)48(36-13-3-1-4-14-36,37-15-5-2-6-16-37)44-21-10-8-18-39(44)34-23-25-35(26-24-34)47-42-20-9-7-19-40(42)41-29-33(31-46)22-27-43(41)47;45-30-32-11-9-17-39(27-32)48(37-13-3-1-4-14-37,38-15-5-2-6-16-38)40-18-10-12-35(29-40)34-22-24-36(25-23-34)47-43-20-8-7-19-41(43)42-28-33(31-46)21-26-44(42)47;;;;;/h2-30H;2*1-29H;5*1H4. The van der Waals surface area contributed by atoms with E-state index in [1.54, 1.807) is 0 Å². The highest BCUT2D eigenvalue weighted by molar-refractivity contribution is 7.21. The second-order valence-corrected chi connectivity index (χ2v) is 47.3. The summed E-state index contributed by atoms with van der Waals surface area (Å²) in [6.45, 7) is 7.77. The third kappa shape index (κ3) is 18.3. The molecular weight excluding hydrogens is 1860 g/mol. The van der Waals surface area contributed by atoms with Crippen molar-refractivity contribution in [3.05, 3.63) is 567 Å². The van der Waals surface area contributed by atoms with Crippen LogP contribution in [0, 0.1) is 63.2 Å². The summed E-state index contributed by atoms with van der Waals surface area (Å²) in [5, 5.41) is 70.1. The van der Waals surface area contributed by atoms with Gasteiger partial charge in [-0.2, -0.15) is 26.3 Å². The molecule has 0 N–H and O–H groups in total. The molecule has 9 nitrogen and oxygen atoms in total. The van der Waals surface area contributed by atoms with Gasteiger partial charge < -0.3 is 13.7 Å². The lowest BCUT2D eigenvalue weighted by Gasteiger charge is -2.36. The van der Waals surface area contributed by atoms with Gasteiger partial charge in [-0.25, -0.2) is 4.85 Å². The van der Waals surface area contributed by atoms with E-state index in [-0.39, 0.29) is 37.1 Å². The summed E-state index contributed by atoms with van der Waals surface area (Å²) in [6.07, 6.45) is 0. The number of hydrogen-bond donors (Lipinski definition) is 0. The van der Waals surface area contributed by atoms with E-state index < -0.39 is 24.2 Å². The van der Waals surface area contributed by atoms with Crippen molar-refractivity contribution in [1.29, 1.82) is 26.3 Å². The number of para-hydroxylation sites is 3. The number of fused-ring (bicyclic) bond motifs is 9. The fourth-order valence-electron chi connectivity index (χ4n) is 21.8. The zero-order valence-corrected chi connectivity index (χ0v) is 81.3. The molecule has 0 atom stereocenters. The van der Waals surface area contributed by atoms with E-state index in [4.69, 9.17) is 6.57 Å². The lowest BCUT2D eigenvalue weighted by atomic mass is 10.1. The summed E-state index contributed by atoms with van der Waals surface area (Å²) >= 11 is 0. The van der Waals surface area contributed by atoms with Crippen LogP contribution in [0.3, 0.4) is 0 Å². The van der Waals surface area contributed by atoms with E-state index in [9.17, 15) is 26.3 Å². The Morgan fingerprint density at radius 1 is 0.181 bits per heavy atom. The van der Waals surface area contributed by atoms with E-state index in [1.807, 2.05) is 109 Å². The van der Waals surface area contributed by atoms with Crippen molar-refractivity contribution in [1.82, 2.24) is 13.7 Å². The average molecular weight is 1960 g/mol. The summed E-state index contributed by atoms with van der Waals surface area (Å²) in [5.74, 6) is 0. The topological polar surface area (TPSA) is 138 Å². The van der Waals surface area contributed by atoms with Gasteiger partial charge in [-0.1, -0.05) is 437 Å². The first-order valence-electron chi connectivity index (χ1n) is 47.9. The van der Waals surface area contributed by atoms with Crippen molar-refractivity contribution in [3.8, 4) is 80.8 Å². The molecule has 0 radical (unpaired) electrons. The summed E-state index contributed by atoms with van der Waals surface area (Å²) in [5.41, 5.74) is 20.6. The molecule has 0 aliphatic rings. The predicted molar refractivity (Wildman–Crippen MR) is 633 cm³/mol. The first-order chi connectivity index (χ1) is 71.1. The number of hydrogen-bond acceptors (Lipinski definition) is 5. The van der Waals surface area contributed by atoms with E-state index in [2.05, 4.69) is 467 Å². The molecule has 24 rings (SSSR count). The van der Waals surface area contributed by atoms with Crippen LogP contribution in [0.25, 0.3) is 121 Å². The van der Waals surface area contributed by atoms with Crippen LogP contribution in [0.2, 0.25) is 0 Å². The molecule has 149 heavy (non-hydrogen) atoms. The van der Waals surface area contributed by atoms with Gasteiger partial charge in [-0.3, -0.25) is 0 Å². The summed E-state index contributed by atoms with van der Waals surface area (Å²) < 4.78 is 6.83. The lowest BCUT2D eigenvalue weighted by molar-refractivity contribution is 1.18. The molecule has 0 bridgehead atoms. The van der Waals surface area contributed by atoms with Gasteiger partial charge in [0, 0.05) is 49.4 Å². The van der Waals surface area contributed by atoms with Gasteiger partial charge in [0.25, 0.3) is 0 Å². The molecule has 0 saturated heterocycles. The number of nitrogens with zero attached hydrogens (tertiary/aromatic N) is 9. The zero-order valence-electron chi connectivity index (χ0n) is 78.3. The van der Waals surface area contributed by atoms with Gasteiger partial charge in [0.2, 0.25) is 0 Å². The molecule has 0 fully saturated rings. The van der Waals surface area contributed by atoms with Crippen molar-refractivity contribution in [2.24, 2.45) is 0 Å². The second-order valence-electron chi connectivity index (χ2n) is 35.9. The number of rotatable bonds is 18. The predicted octanol–water partition coefficient (Wildman–Crippen LogP) is 26.6. The molecule has 0 unspecified atom stereocenters. The van der Waals surface area contributed by atoms with Crippen LogP contribution in [-0.2, 0) is 0 Å². The Hall–Kier alpha value is -19.4. The smallest absolute Gasteiger partial charge is 0.187 e. The Labute approximate surface area is 876 Å². The summed E-state index contributed by atoms with van der Waals surface area (Å²) in [7, 11) is -8.46. The van der Waals surface area contributed by atoms with Crippen molar-refractivity contribution in [2.75, 3.05) is 0 Å². The highest BCUT2D eigenvalue weighted by atomic mass is 28.3. The van der Waals surface area contributed by atoms with Crippen LogP contribution >= 0.6 is 0 Å². The second kappa shape index (κ2) is 44.2. The van der Waals surface area contributed by atoms with E-state index in [0.717, 1.165) is 110 Å². The highest BCUT2D eigenvalue weighted by Gasteiger charge is 2.46. The lowest BCUT2D eigenvalue weighted by Crippen LogP contribution is -2.75. The number of benzene rings is 21. The Kier molecular flexibility index (Phi) is 30.0. The van der Waals surface area contributed by atoms with Gasteiger partial charge in [0.1, 0.15) is 0 Å². The molecule has 0 saturated carbocycles. The third-order valence-electron chi connectivity index (χ3n) is 28.2. The van der Waals surface area contributed by atoms with Crippen LogP contribution in [0.4, 0.5) is 5.69 Å². The normalized spacial score (nSPS) is 10.9. The molecule has 712 valence electrons. The molecule has 0 amide bonds. The molecular formula is C137H107N9Si3. The first-order valence-corrected chi connectivity index (χ1v) is 53.9. The van der Waals surface area contributed by atoms with Crippen LogP contribution in [0.5, 0.6) is 0 Å². The first kappa shape index (κ1) is 101. The number of nitriles is 5. The van der Waals surface area contributed by atoms with E-state index in [1.165, 1.54) is 67.8 Å². The SMILES string of the molecule is C.C.C.C.C.N#Cc1cccc([Si](c2ccccc2)(c2ccccc2)c2cccc(-c3ccc(-n4c5ccccc5c5cc(C#N)ccc54)cc3)c2)c1.N#Cc1cccc([Si](c2ccccc2)(c2ccccc2)c2ccccc2-c2ccc(-n3c4ccccc4c4cc(C#N)ccc43)cc2)c1.[C-]#[N+]c1cccc([Si](c2ccccc2)(c2ccccc2)c2ccc(-c3ccc(-n4c5ccccc5c5cc(C#N)ccc54)cc3)cc2)c1. The highest BCUT2D eigenvalue weighted by Crippen LogP contribution is 2.39. The van der Waals surface area contributed by atoms with Crippen LogP contribution in [0.15, 0.2) is 528 Å². The van der Waals surface area contributed by atoms with Gasteiger partial charge in [0.15, 0.2) is 29.9 Å².